The largest absolute Gasteiger partial charge is 1.00 e. The number of carboxylic acid groups (broad SMARTS) is 1. The van der Waals surface area contributed by atoms with E-state index in [1.807, 2.05) is 30.3 Å². The molecular formula is C24H30KN3O7S2. The maximum atomic E-state index is 13.3. The number of benzene rings is 2. The van der Waals surface area contributed by atoms with Gasteiger partial charge in [-0.15, -0.1) is 11.8 Å². The third-order valence-electron chi connectivity index (χ3n) is 5.16. The summed E-state index contributed by atoms with van der Waals surface area (Å²) in [6, 6.07) is 12.4. The van der Waals surface area contributed by atoms with E-state index in [1.54, 1.807) is 13.8 Å². The Balaban J connectivity index is 0.00000684. The molecule has 1 N–H and O–H groups in total. The summed E-state index contributed by atoms with van der Waals surface area (Å²) in [6.45, 7) is 3.78. The van der Waals surface area contributed by atoms with Gasteiger partial charge in [-0.3, -0.25) is 14.9 Å². The first-order valence-corrected chi connectivity index (χ1v) is 13.9. The molecule has 2 aromatic carbocycles. The fourth-order valence-corrected chi connectivity index (χ4v) is 5.94. The maximum Gasteiger partial charge on any atom is 1.00 e. The molecule has 37 heavy (non-hydrogen) atoms. The molecule has 0 radical (unpaired) electrons. The number of rotatable bonds is 15. The van der Waals surface area contributed by atoms with Crippen LogP contribution in [0.25, 0.3) is 0 Å². The van der Waals surface area contributed by atoms with Crippen molar-refractivity contribution in [3.63, 3.8) is 0 Å². The van der Waals surface area contributed by atoms with Crippen LogP contribution in [0.5, 0.6) is 0 Å². The van der Waals surface area contributed by atoms with Crippen molar-refractivity contribution in [2.24, 2.45) is 5.92 Å². The third-order valence-corrected chi connectivity index (χ3v) is 8.06. The fourth-order valence-electron chi connectivity index (χ4n) is 3.41. The normalized spacial score (nSPS) is 12.1. The number of hydrogen-bond donors (Lipinski definition) is 1. The van der Waals surface area contributed by atoms with E-state index in [1.165, 1.54) is 11.8 Å². The minimum Gasteiger partial charge on any atom is -0.548 e. The number of unbranched alkanes of at least 4 members (excludes halogenated alkanes) is 1. The van der Waals surface area contributed by atoms with Gasteiger partial charge >= 0.3 is 51.4 Å². The monoisotopic (exact) mass is 575 g/mol. The topological polar surface area (TPSA) is 150 Å². The van der Waals surface area contributed by atoms with Crippen molar-refractivity contribution in [1.82, 2.24) is 9.62 Å². The molecule has 1 atom stereocenters. The third kappa shape index (κ3) is 11.1. The predicted molar refractivity (Wildman–Crippen MR) is 135 cm³/mol. The Morgan fingerprint density at radius 2 is 1.68 bits per heavy atom. The number of nitro benzene ring substituents is 1. The molecule has 0 bridgehead atoms. The quantitative estimate of drug-likeness (QED) is 0.0977. The maximum absolute atomic E-state index is 13.3. The van der Waals surface area contributed by atoms with Crippen LogP contribution in [-0.2, 0) is 19.6 Å². The molecule has 2 aromatic rings. The predicted octanol–water partition coefficient (Wildman–Crippen LogP) is -0.557. The van der Waals surface area contributed by atoms with Crippen LogP contribution in [0, 0.1) is 16.0 Å². The van der Waals surface area contributed by atoms with Gasteiger partial charge in [0.2, 0.25) is 15.9 Å². The van der Waals surface area contributed by atoms with Crippen molar-refractivity contribution < 1.29 is 79.4 Å². The van der Waals surface area contributed by atoms with E-state index in [0.717, 1.165) is 33.5 Å². The summed E-state index contributed by atoms with van der Waals surface area (Å²) in [4.78, 5) is 35.0. The number of sulfonamides is 1. The standard InChI is InChI=1S/C24H31N3O7S2.K/c1-18(2)16-26(36(33,34)21-13-11-19(12-14-21)27(31)32)22(24(29)30)10-6-7-15-25-23(28)17-35-20-8-4-3-5-9-20;/h3-5,8-9,11-14,18,22H,6-7,10,15-17H2,1-2H3,(H,25,28)(H,29,30);/q;+1/p-1/t22-;/m0./s1. The van der Waals surface area contributed by atoms with Gasteiger partial charge in [0.25, 0.3) is 5.69 Å². The van der Waals surface area contributed by atoms with Crippen molar-refractivity contribution in [3.05, 3.63) is 64.7 Å². The molecule has 0 aliphatic heterocycles. The summed E-state index contributed by atoms with van der Waals surface area (Å²) in [7, 11) is -4.26. The Kier molecular flexibility index (Phi) is 15.1. The molecule has 0 saturated heterocycles. The van der Waals surface area contributed by atoms with Gasteiger partial charge in [-0.25, -0.2) is 8.42 Å². The van der Waals surface area contributed by atoms with Gasteiger partial charge in [0.05, 0.1) is 27.6 Å². The number of non-ortho nitro benzene ring substituents is 1. The number of nitro groups is 1. The zero-order chi connectivity index (χ0) is 26.7. The first-order chi connectivity index (χ1) is 17.0. The van der Waals surface area contributed by atoms with Crippen LogP contribution in [0.4, 0.5) is 5.69 Å². The van der Waals surface area contributed by atoms with E-state index < -0.39 is 27.0 Å². The van der Waals surface area contributed by atoms with Gasteiger partial charge in [0, 0.05) is 30.1 Å². The summed E-state index contributed by atoms with van der Waals surface area (Å²) >= 11 is 1.40. The molecule has 196 valence electrons. The average Bonchev–Trinajstić information content (AvgIpc) is 2.84. The molecule has 0 aromatic heterocycles. The van der Waals surface area contributed by atoms with Crippen LogP contribution in [0.2, 0.25) is 0 Å². The van der Waals surface area contributed by atoms with Crippen LogP contribution >= 0.6 is 11.8 Å². The molecule has 0 spiro atoms. The Morgan fingerprint density at radius 3 is 2.22 bits per heavy atom. The first-order valence-electron chi connectivity index (χ1n) is 11.4. The molecule has 0 fully saturated rings. The number of hydrogen-bond acceptors (Lipinski definition) is 8. The fraction of sp³-hybridized carbons (Fsp3) is 0.417. The Morgan fingerprint density at radius 1 is 1.05 bits per heavy atom. The number of carboxylic acids is 1. The van der Waals surface area contributed by atoms with Gasteiger partial charge in [-0.2, -0.15) is 4.31 Å². The number of nitrogens with zero attached hydrogens (tertiary/aromatic N) is 2. The van der Waals surface area contributed by atoms with E-state index in [9.17, 15) is 33.2 Å². The minimum absolute atomic E-state index is 0. The second kappa shape index (κ2) is 16.6. The second-order valence-electron chi connectivity index (χ2n) is 8.50. The number of carbonyl (C=O) groups is 2. The molecule has 10 nitrogen and oxygen atoms in total. The van der Waals surface area contributed by atoms with Gasteiger partial charge in [-0.05, 0) is 49.4 Å². The van der Waals surface area contributed by atoms with E-state index >= 15 is 0 Å². The second-order valence-corrected chi connectivity index (χ2v) is 11.4. The van der Waals surface area contributed by atoms with Crippen LogP contribution < -0.4 is 61.8 Å². The SMILES string of the molecule is CC(C)CN([C@@H](CCCCNC(=O)CSc1ccccc1)C(=O)[O-])S(=O)(=O)c1ccc([N+](=O)[O-])cc1.[K+]. The van der Waals surface area contributed by atoms with Crippen molar-refractivity contribution >= 4 is 39.3 Å². The van der Waals surface area contributed by atoms with E-state index in [4.69, 9.17) is 0 Å². The molecule has 0 aliphatic rings. The minimum atomic E-state index is -4.26. The molecule has 0 saturated carbocycles. The molecule has 1 amide bonds. The summed E-state index contributed by atoms with van der Waals surface area (Å²) in [5, 5.41) is 25.6. The van der Waals surface area contributed by atoms with Gasteiger partial charge in [0.1, 0.15) is 0 Å². The van der Waals surface area contributed by atoms with Crippen molar-refractivity contribution in [2.45, 2.75) is 48.9 Å². The summed E-state index contributed by atoms with van der Waals surface area (Å²) < 4.78 is 27.4. The average molecular weight is 576 g/mol. The smallest absolute Gasteiger partial charge is 0.548 e. The molecular weight excluding hydrogens is 546 g/mol. The summed E-state index contributed by atoms with van der Waals surface area (Å²) in [5.74, 6) is -1.60. The number of thioether (sulfide) groups is 1. The van der Waals surface area contributed by atoms with Gasteiger partial charge in [-0.1, -0.05) is 32.0 Å². The van der Waals surface area contributed by atoms with Crippen molar-refractivity contribution in [1.29, 1.82) is 0 Å². The molecule has 0 unspecified atom stereocenters. The van der Waals surface area contributed by atoms with Gasteiger partial charge in [0.15, 0.2) is 0 Å². The number of nitrogens with one attached hydrogen (secondary N) is 1. The molecule has 2 rings (SSSR count). The van der Waals surface area contributed by atoms with Crippen LogP contribution in [0.3, 0.4) is 0 Å². The van der Waals surface area contributed by atoms with E-state index in [2.05, 4.69) is 5.32 Å². The molecule has 0 heterocycles. The van der Waals surface area contributed by atoms with Crippen molar-refractivity contribution in [2.75, 3.05) is 18.8 Å². The van der Waals surface area contributed by atoms with E-state index in [-0.39, 0.29) is 92.5 Å². The van der Waals surface area contributed by atoms with Crippen LogP contribution in [0.15, 0.2) is 64.4 Å². The first kappa shape index (κ1) is 33.7. The number of amides is 1. The summed E-state index contributed by atoms with van der Waals surface area (Å²) in [5.41, 5.74) is -0.273. The number of carbonyl (C=O) groups excluding carboxylic acids is 2. The van der Waals surface area contributed by atoms with Crippen LogP contribution in [-0.4, -0.2) is 54.4 Å². The Labute approximate surface area is 264 Å². The molecule has 0 aliphatic carbocycles. The van der Waals surface area contributed by atoms with E-state index in [0.29, 0.717) is 19.4 Å². The Hall–Kier alpha value is -1.32. The van der Waals surface area contributed by atoms with Gasteiger partial charge < -0.3 is 15.2 Å². The van der Waals surface area contributed by atoms with Crippen molar-refractivity contribution in [3.8, 4) is 0 Å². The number of aliphatic carboxylic acids is 1. The Bertz CT molecular complexity index is 1130. The zero-order valence-electron chi connectivity index (χ0n) is 21.2. The summed E-state index contributed by atoms with van der Waals surface area (Å²) in [6.07, 6.45) is 0.795. The zero-order valence-corrected chi connectivity index (χ0v) is 25.9. The molecule has 13 heteroatoms. The van der Waals surface area contributed by atoms with Crippen LogP contribution in [0.1, 0.15) is 33.1 Å².